The van der Waals surface area contributed by atoms with Gasteiger partial charge in [0.25, 0.3) is 0 Å². The topological polar surface area (TPSA) is 60.2 Å². The maximum atomic E-state index is 12.0. The molecule has 2 rings (SSSR count). The molecule has 0 N–H and O–H groups in total. The van der Waals surface area contributed by atoms with Crippen LogP contribution in [0.1, 0.15) is 37.2 Å². The van der Waals surface area contributed by atoms with Crippen LogP contribution in [0, 0.1) is 16.0 Å². The highest BCUT2D eigenvalue weighted by molar-refractivity contribution is 6.31. The summed E-state index contributed by atoms with van der Waals surface area (Å²) in [6.07, 6.45) is 3.10. The normalized spacial score (nSPS) is 21.1. The lowest BCUT2D eigenvalue weighted by molar-refractivity contribution is -0.484. The van der Waals surface area contributed by atoms with Gasteiger partial charge in [0, 0.05) is 22.3 Å². The van der Waals surface area contributed by atoms with Crippen molar-refractivity contribution in [1.29, 1.82) is 0 Å². The zero-order valence-electron chi connectivity index (χ0n) is 10.5. The fourth-order valence-corrected chi connectivity index (χ4v) is 3.09. The fraction of sp³-hybridized carbons (Fsp3) is 0.500. The van der Waals surface area contributed by atoms with E-state index in [0.717, 1.165) is 24.8 Å². The number of nitro groups is 1. The third-order valence-electron chi connectivity index (χ3n) is 3.74. The van der Waals surface area contributed by atoms with Crippen molar-refractivity contribution < 1.29 is 9.72 Å². The minimum atomic E-state index is -0.406. The summed E-state index contributed by atoms with van der Waals surface area (Å²) in [5.41, 5.74) is 0.723. The molecule has 1 aliphatic carbocycles. The van der Waals surface area contributed by atoms with E-state index in [1.807, 2.05) is 6.07 Å². The standard InChI is InChI=1S/C14H16ClNO3/c15-13-7-3-1-5-10(13)12(9-16(18)19)11-6-2-4-8-14(11)17/h1,3,5,7,11-12H,2,4,6,8-9H2/t11-,12+/m0/s1. The summed E-state index contributed by atoms with van der Waals surface area (Å²) in [5, 5.41) is 11.4. The second-order valence-corrected chi connectivity index (χ2v) is 5.37. The number of hydrogen-bond donors (Lipinski definition) is 0. The molecule has 2 atom stereocenters. The quantitative estimate of drug-likeness (QED) is 0.627. The lowest BCUT2D eigenvalue weighted by atomic mass is 9.76. The lowest BCUT2D eigenvalue weighted by Crippen LogP contribution is -2.30. The Bertz CT molecular complexity index is 489. The van der Waals surface area contributed by atoms with E-state index in [2.05, 4.69) is 0 Å². The summed E-state index contributed by atoms with van der Waals surface area (Å²) in [6.45, 7) is -0.236. The molecule has 0 bridgehead atoms. The van der Waals surface area contributed by atoms with E-state index in [1.54, 1.807) is 18.2 Å². The first-order chi connectivity index (χ1) is 9.09. The lowest BCUT2D eigenvalue weighted by Gasteiger charge is -2.27. The van der Waals surface area contributed by atoms with Gasteiger partial charge in [-0.15, -0.1) is 0 Å². The van der Waals surface area contributed by atoms with Crippen molar-refractivity contribution in [3.63, 3.8) is 0 Å². The molecule has 0 saturated heterocycles. The summed E-state index contributed by atoms with van der Waals surface area (Å²) in [5.74, 6) is -0.534. The van der Waals surface area contributed by atoms with Gasteiger partial charge in [-0.1, -0.05) is 36.2 Å². The van der Waals surface area contributed by atoms with Crippen molar-refractivity contribution in [2.75, 3.05) is 6.54 Å². The minimum Gasteiger partial charge on any atom is -0.299 e. The highest BCUT2D eigenvalue weighted by Gasteiger charge is 2.35. The van der Waals surface area contributed by atoms with E-state index in [1.165, 1.54) is 0 Å². The first-order valence-corrected chi connectivity index (χ1v) is 6.86. The number of benzene rings is 1. The van der Waals surface area contributed by atoms with Gasteiger partial charge in [0.1, 0.15) is 5.78 Å². The predicted octanol–water partition coefficient (Wildman–Crippen LogP) is 3.46. The van der Waals surface area contributed by atoms with Crippen LogP contribution in [0.3, 0.4) is 0 Å². The number of ketones is 1. The SMILES string of the molecule is O=C1CCCC[C@H]1[C@H](C[N+](=O)[O-])c1ccccc1Cl. The summed E-state index contributed by atoms with van der Waals surface area (Å²) >= 11 is 6.14. The Morgan fingerprint density at radius 1 is 1.37 bits per heavy atom. The van der Waals surface area contributed by atoms with Gasteiger partial charge in [0.05, 0.1) is 5.92 Å². The number of nitrogens with zero attached hydrogens (tertiary/aromatic N) is 1. The van der Waals surface area contributed by atoms with Gasteiger partial charge in [0.15, 0.2) is 0 Å². The van der Waals surface area contributed by atoms with Crippen molar-refractivity contribution in [2.24, 2.45) is 5.92 Å². The summed E-state index contributed by atoms with van der Waals surface area (Å²) in [7, 11) is 0. The molecule has 1 saturated carbocycles. The second-order valence-electron chi connectivity index (χ2n) is 4.96. The zero-order valence-corrected chi connectivity index (χ0v) is 11.3. The van der Waals surface area contributed by atoms with E-state index in [-0.39, 0.29) is 23.2 Å². The zero-order chi connectivity index (χ0) is 13.8. The molecule has 0 aliphatic heterocycles. The van der Waals surface area contributed by atoms with Gasteiger partial charge in [-0.05, 0) is 24.5 Å². The maximum Gasteiger partial charge on any atom is 0.211 e. The van der Waals surface area contributed by atoms with Crippen LogP contribution in [-0.2, 0) is 4.79 Å². The molecule has 1 aromatic rings. The van der Waals surface area contributed by atoms with Gasteiger partial charge in [-0.3, -0.25) is 14.9 Å². The molecular weight excluding hydrogens is 266 g/mol. The molecule has 19 heavy (non-hydrogen) atoms. The van der Waals surface area contributed by atoms with Gasteiger partial charge in [0.2, 0.25) is 6.54 Å². The van der Waals surface area contributed by atoms with Crippen LogP contribution in [0.15, 0.2) is 24.3 Å². The average molecular weight is 282 g/mol. The first-order valence-electron chi connectivity index (χ1n) is 6.48. The van der Waals surface area contributed by atoms with Crippen LogP contribution in [0.4, 0.5) is 0 Å². The van der Waals surface area contributed by atoms with Gasteiger partial charge in [-0.25, -0.2) is 0 Å². The first kappa shape index (κ1) is 14.0. The Morgan fingerprint density at radius 2 is 2.11 bits per heavy atom. The molecule has 0 aromatic heterocycles. The molecule has 0 heterocycles. The summed E-state index contributed by atoms with van der Waals surface area (Å²) in [6, 6.07) is 7.11. The molecule has 0 amide bonds. The van der Waals surface area contributed by atoms with Crippen LogP contribution in [0.2, 0.25) is 5.02 Å². The fourth-order valence-electron chi connectivity index (χ4n) is 2.81. The molecule has 1 aliphatic rings. The molecule has 0 spiro atoms. The van der Waals surface area contributed by atoms with Crippen molar-refractivity contribution >= 4 is 17.4 Å². The van der Waals surface area contributed by atoms with Crippen molar-refractivity contribution in [3.8, 4) is 0 Å². The van der Waals surface area contributed by atoms with E-state index in [4.69, 9.17) is 11.6 Å². The number of halogens is 1. The maximum absolute atomic E-state index is 12.0. The second kappa shape index (κ2) is 6.15. The van der Waals surface area contributed by atoms with Crippen molar-refractivity contribution in [3.05, 3.63) is 45.0 Å². The molecule has 4 nitrogen and oxygen atoms in total. The van der Waals surface area contributed by atoms with Crippen LogP contribution < -0.4 is 0 Å². The number of carbonyl (C=O) groups excluding carboxylic acids is 1. The highest BCUT2D eigenvalue weighted by atomic mass is 35.5. The Kier molecular flexibility index (Phi) is 4.53. The van der Waals surface area contributed by atoms with Gasteiger partial charge < -0.3 is 0 Å². The number of Topliss-reactive ketones (excluding diaryl/α,β-unsaturated/α-hetero) is 1. The molecule has 1 fully saturated rings. The van der Waals surface area contributed by atoms with Gasteiger partial charge in [-0.2, -0.15) is 0 Å². The smallest absolute Gasteiger partial charge is 0.211 e. The predicted molar refractivity (Wildman–Crippen MR) is 73.0 cm³/mol. The molecular formula is C14H16ClNO3. The molecule has 102 valence electrons. The minimum absolute atomic E-state index is 0.137. The van der Waals surface area contributed by atoms with E-state index in [9.17, 15) is 14.9 Å². The van der Waals surface area contributed by atoms with Crippen LogP contribution in [0.25, 0.3) is 0 Å². The third-order valence-corrected chi connectivity index (χ3v) is 4.08. The van der Waals surface area contributed by atoms with Gasteiger partial charge >= 0.3 is 0 Å². The van der Waals surface area contributed by atoms with E-state index < -0.39 is 5.92 Å². The Labute approximate surface area is 116 Å². The van der Waals surface area contributed by atoms with Crippen LogP contribution in [-0.4, -0.2) is 17.3 Å². The van der Waals surface area contributed by atoms with E-state index in [0.29, 0.717) is 11.4 Å². The van der Waals surface area contributed by atoms with Crippen molar-refractivity contribution in [1.82, 2.24) is 0 Å². The highest BCUT2D eigenvalue weighted by Crippen LogP contribution is 2.36. The monoisotopic (exact) mass is 281 g/mol. The summed E-state index contributed by atoms with van der Waals surface area (Å²) in [4.78, 5) is 22.6. The molecule has 0 radical (unpaired) electrons. The van der Waals surface area contributed by atoms with Crippen LogP contribution >= 0.6 is 11.6 Å². The van der Waals surface area contributed by atoms with E-state index >= 15 is 0 Å². The van der Waals surface area contributed by atoms with Crippen molar-refractivity contribution in [2.45, 2.75) is 31.6 Å². The van der Waals surface area contributed by atoms with Crippen LogP contribution in [0.5, 0.6) is 0 Å². The number of carbonyl (C=O) groups is 1. The Morgan fingerprint density at radius 3 is 2.74 bits per heavy atom. The summed E-state index contributed by atoms with van der Waals surface area (Å²) < 4.78 is 0. The largest absolute Gasteiger partial charge is 0.299 e. The molecule has 0 unspecified atom stereocenters. The number of hydrogen-bond acceptors (Lipinski definition) is 3. The Balaban J connectivity index is 2.32. The molecule has 1 aromatic carbocycles. The number of rotatable bonds is 4. The molecule has 5 heteroatoms. The third kappa shape index (κ3) is 3.32. The Hall–Kier alpha value is -1.42. The average Bonchev–Trinajstić information content (AvgIpc) is 2.37.